The molecule has 3 rings (SSSR count). The van der Waals surface area contributed by atoms with Crippen molar-refractivity contribution in [2.45, 2.75) is 13.0 Å². The number of hydrogen-bond donors (Lipinski definition) is 2. The lowest BCUT2D eigenvalue weighted by Gasteiger charge is -2.11. The zero-order chi connectivity index (χ0) is 7.97. The normalized spacial score (nSPS) is 16.7. The van der Waals surface area contributed by atoms with E-state index in [4.69, 9.17) is 4.42 Å². The summed E-state index contributed by atoms with van der Waals surface area (Å²) in [7, 11) is 0. The lowest BCUT2D eigenvalue weighted by molar-refractivity contribution is 0.598. The minimum atomic E-state index is 0.920. The lowest BCUT2D eigenvalue weighted by atomic mass is 10.1. The van der Waals surface area contributed by atoms with Gasteiger partial charge in [0.1, 0.15) is 0 Å². The first kappa shape index (κ1) is 6.31. The fourth-order valence-electron chi connectivity index (χ4n) is 1.86. The summed E-state index contributed by atoms with van der Waals surface area (Å²) < 4.78 is 5.29. The molecule has 3 heterocycles. The molecule has 3 heteroatoms. The second-order valence-electron chi connectivity index (χ2n) is 3.17. The maximum absolute atomic E-state index is 5.29. The Hall–Kier alpha value is -1.22. The van der Waals surface area contributed by atoms with E-state index in [1.165, 1.54) is 16.6 Å². The van der Waals surface area contributed by atoms with Gasteiger partial charge in [-0.25, -0.2) is 0 Å². The maximum Gasteiger partial charge on any atom is 0.204 e. The van der Waals surface area contributed by atoms with Gasteiger partial charge in [0.05, 0.1) is 6.26 Å². The molecule has 0 atom stereocenters. The van der Waals surface area contributed by atoms with Crippen molar-refractivity contribution in [3.8, 4) is 0 Å². The molecule has 3 nitrogen and oxygen atoms in total. The van der Waals surface area contributed by atoms with Crippen LogP contribution in [-0.2, 0) is 13.0 Å². The van der Waals surface area contributed by atoms with Crippen LogP contribution in [0.25, 0.3) is 11.1 Å². The van der Waals surface area contributed by atoms with Crippen LogP contribution in [0.1, 0.15) is 11.3 Å². The first-order chi connectivity index (χ1) is 5.95. The molecule has 0 amide bonds. The molecule has 0 saturated heterocycles. The molecule has 62 valence electrons. The van der Waals surface area contributed by atoms with Gasteiger partial charge in [-0.3, -0.25) is 0 Å². The van der Waals surface area contributed by atoms with Gasteiger partial charge < -0.3 is 14.7 Å². The molecule has 0 spiro atoms. The minimum absolute atomic E-state index is 0.920. The van der Waals surface area contributed by atoms with E-state index >= 15 is 0 Å². The molecule has 0 bridgehead atoms. The van der Waals surface area contributed by atoms with E-state index in [1.54, 1.807) is 6.26 Å². The number of rotatable bonds is 0. The predicted octanol–water partition coefficient (Wildman–Crippen LogP) is 1.41. The van der Waals surface area contributed by atoms with Gasteiger partial charge >= 0.3 is 0 Å². The Morgan fingerprint density at radius 2 is 2.42 bits per heavy atom. The Kier molecular flexibility index (Phi) is 1.12. The zero-order valence-electron chi connectivity index (χ0n) is 6.68. The van der Waals surface area contributed by atoms with E-state index < -0.39 is 0 Å². The van der Waals surface area contributed by atoms with Gasteiger partial charge in [-0.05, 0) is 11.6 Å². The average molecular weight is 162 g/mol. The molecule has 1 aliphatic heterocycles. The van der Waals surface area contributed by atoms with Gasteiger partial charge in [0.15, 0.2) is 0 Å². The molecular formula is C9H10N2O. The van der Waals surface area contributed by atoms with Crippen LogP contribution < -0.4 is 5.32 Å². The Balaban J connectivity index is 2.34. The highest BCUT2D eigenvalue weighted by atomic mass is 16.3. The van der Waals surface area contributed by atoms with Gasteiger partial charge in [-0.2, -0.15) is 0 Å². The number of nitrogens with one attached hydrogen (secondary N) is 2. The van der Waals surface area contributed by atoms with E-state index in [-0.39, 0.29) is 0 Å². The number of H-pyrrole nitrogens is 1. The van der Waals surface area contributed by atoms with Gasteiger partial charge in [0, 0.05) is 30.6 Å². The highest BCUT2D eigenvalue weighted by Crippen LogP contribution is 2.25. The summed E-state index contributed by atoms with van der Waals surface area (Å²) in [5.41, 5.74) is 3.64. The smallest absolute Gasteiger partial charge is 0.204 e. The van der Waals surface area contributed by atoms with Crippen LogP contribution in [-0.4, -0.2) is 11.5 Å². The molecule has 0 aliphatic carbocycles. The number of aromatic nitrogens is 1. The van der Waals surface area contributed by atoms with Crippen molar-refractivity contribution in [2.75, 3.05) is 6.54 Å². The summed E-state index contributed by atoms with van der Waals surface area (Å²) in [6.45, 7) is 2.03. The molecular weight excluding hydrogens is 152 g/mol. The molecule has 0 aromatic carbocycles. The summed E-state index contributed by atoms with van der Waals surface area (Å²) in [6, 6.07) is 2.03. The Morgan fingerprint density at radius 3 is 3.42 bits per heavy atom. The quantitative estimate of drug-likeness (QED) is 0.614. The standard InChI is InChI=1S/C9H10N2O/c1-3-10-5-7-6-2-4-12-9(6)11-8(1)7/h2,4,10-11H,1,3,5H2. The van der Waals surface area contributed by atoms with Crippen molar-refractivity contribution in [1.82, 2.24) is 10.3 Å². The Morgan fingerprint density at radius 1 is 1.42 bits per heavy atom. The fourth-order valence-corrected chi connectivity index (χ4v) is 1.86. The van der Waals surface area contributed by atoms with E-state index in [2.05, 4.69) is 10.3 Å². The van der Waals surface area contributed by atoms with Crippen molar-refractivity contribution in [1.29, 1.82) is 0 Å². The second kappa shape index (κ2) is 2.14. The third-order valence-electron chi connectivity index (χ3n) is 2.47. The van der Waals surface area contributed by atoms with Crippen LogP contribution in [0.2, 0.25) is 0 Å². The summed E-state index contributed by atoms with van der Waals surface area (Å²) in [4.78, 5) is 3.29. The van der Waals surface area contributed by atoms with Gasteiger partial charge in [-0.15, -0.1) is 0 Å². The first-order valence-electron chi connectivity index (χ1n) is 4.23. The summed E-state index contributed by atoms with van der Waals surface area (Å²) in [5, 5.41) is 4.58. The molecule has 0 fully saturated rings. The number of aromatic amines is 1. The van der Waals surface area contributed by atoms with Crippen LogP contribution >= 0.6 is 0 Å². The highest BCUT2D eigenvalue weighted by Gasteiger charge is 2.15. The van der Waals surface area contributed by atoms with Crippen LogP contribution in [0, 0.1) is 0 Å². The predicted molar refractivity (Wildman–Crippen MR) is 46.0 cm³/mol. The van der Waals surface area contributed by atoms with Crippen molar-refractivity contribution in [3.63, 3.8) is 0 Å². The first-order valence-corrected chi connectivity index (χ1v) is 4.23. The monoisotopic (exact) mass is 162 g/mol. The molecule has 1 aliphatic rings. The Labute approximate surface area is 69.8 Å². The second-order valence-corrected chi connectivity index (χ2v) is 3.17. The number of furan rings is 1. The molecule has 12 heavy (non-hydrogen) atoms. The third-order valence-corrected chi connectivity index (χ3v) is 2.47. The average Bonchev–Trinajstić information content (AvgIpc) is 2.62. The fraction of sp³-hybridized carbons (Fsp3) is 0.333. The lowest BCUT2D eigenvalue weighted by Crippen LogP contribution is -2.22. The maximum atomic E-state index is 5.29. The van der Waals surface area contributed by atoms with Crippen LogP contribution in [0.3, 0.4) is 0 Å². The molecule has 0 radical (unpaired) electrons. The Bertz CT molecular complexity index is 413. The SMILES string of the molecule is c1cc2c3c([nH]c2o1)CCNC3. The third kappa shape index (κ3) is 0.689. The zero-order valence-corrected chi connectivity index (χ0v) is 6.68. The van der Waals surface area contributed by atoms with Crippen LogP contribution in [0.5, 0.6) is 0 Å². The summed E-state index contributed by atoms with van der Waals surface area (Å²) >= 11 is 0. The number of fused-ring (bicyclic) bond motifs is 3. The topological polar surface area (TPSA) is 41.0 Å². The molecule has 2 aromatic heterocycles. The van der Waals surface area contributed by atoms with Crippen molar-refractivity contribution < 1.29 is 4.42 Å². The number of hydrogen-bond acceptors (Lipinski definition) is 2. The van der Waals surface area contributed by atoms with Crippen LogP contribution in [0.4, 0.5) is 0 Å². The van der Waals surface area contributed by atoms with Gasteiger partial charge in [-0.1, -0.05) is 0 Å². The van der Waals surface area contributed by atoms with Crippen LogP contribution in [0.15, 0.2) is 16.7 Å². The highest BCUT2D eigenvalue weighted by molar-refractivity contribution is 5.80. The van der Waals surface area contributed by atoms with E-state index in [0.29, 0.717) is 0 Å². The van der Waals surface area contributed by atoms with Crippen molar-refractivity contribution >= 4 is 11.1 Å². The van der Waals surface area contributed by atoms with Crippen molar-refractivity contribution in [2.24, 2.45) is 0 Å². The largest absolute Gasteiger partial charge is 0.448 e. The minimum Gasteiger partial charge on any atom is -0.448 e. The molecule has 0 saturated carbocycles. The summed E-state index contributed by atoms with van der Waals surface area (Å²) in [6.07, 6.45) is 2.82. The van der Waals surface area contributed by atoms with E-state index in [9.17, 15) is 0 Å². The molecule has 2 aromatic rings. The van der Waals surface area contributed by atoms with Gasteiger partial charge in [0.2, 0.25) is 5.71 Å². The molecule has 2 N–H and O–H groups in total. The summed E-state index contributed by atoms with van der Waals surface area (Å²) in [5.74, 6) is 0. The van der Waals surface area contributed by atoms with E-state index in [0.717, 1.165) is 25.2 Å². The molecule has 0 unspecified atom stereocenters. The van der Waals surface area contributed by atoms with E-state index in [1.807, 2.05) is 6.07 Å². The van der Waals surface area contributed by atoms with Crippen molar-refractivity contribution in [3.05, 3.63) is 23.6 Å². The van der Waals surface area contributed by atoms with Gasteiger partial charge in [0.25, 0.3) is 0 Å².